The number of thiazole rings is 1. The second-order valence-electron chi connectivity index (χ2n) is 7.99. The Morgan fingerprint density at radius 1 is 1.06 bits per heavy atom. The Kier molecular flexibility index (Phi) is 6.70. The van der Waals surface area contributed by atoms with Crippen molar-refractivity contribution in [3.05, 3.63) is 90.1 Å². The molecule has 0 fully saturated rings. The molecule has 2 aromatic carbocycles. The summed E-state index contributed by atoms with van der Waals surface area (Å²) in [5.41, 5.74) is 2.99. The molecule has 0 bridgehead atoms. The number of ether oxygens (including phenoxy) is 3. The highest BCUT2D eigenvalue weighted by Gasteiger charge is 2.33. The first-order chi connectivity index (χ1) is 16.7. The number of allylic oxidation sites excluding steroid dienone is 1. The summed E-state index contributed by atoms with van der Waals surface area (Å²) in [4.78, 5) is 42.9. The second kappa shape index (κ2) is 9.71. The molecule has 4 rings (SSSR count). The van der Waals surface area contributed by atoms with Gasteiger partial charge in [-0.1, -0.05) is 47.2 Å². The maximum Gasteiger partial charge on any atom is 0.338 e. The van der Waals surface area contributed by atoms with Gasteiger partial charge in [0.05, 0.1) is 36.1 Å². The lowest BCUT2D eigenvalue weighted by atomic mass is 9.95. The van der Waals surface area contributed by atoms with Crippen molar-refractivity contribution >= 4 is 29.4 Å². The molecule has 180 valence electrons. The van der Waals surface area contributed by atoms with Crippen molar-refractivity contribution in [2.75, 3.05) is 14.2 Å². The van der Waals surface area contributed by atoms with Crippen LogP contribution in [-0.4, -0.2) is 30.7 Å². The molecule has 0 saturated heterocycles. The van der Waals surface area contributed by atoms with Crippen LogP contribution in [0.15, 0.2) is 63.5 Å². The van der Waals surface area contributed by atoms with Gasteiger partial charge in [-0.15, -0.1) is 0 Å². The van der Waals surface area contributed by atoms with Crippen molar-refractivity contribution in [2.24, 2.45) is 4.99 Å². The van der Waals surface area contributed by atoms with Crippen LogP contribution in [-0.2, 0) is 14.3 Å². The molecule has 0 unspecified atom stereocenters. The number of hydrogen-bond donors (Lipinski definition) is 0. The fraction of sp³-hybridized carbons (Fsp3) is 0.231. The first kappa shape index (κ1) is 24.2. The summed E-state index contributed by atoms with van der Waals surface area (Å²) >= 11 is 1.25. The zero-order valence-corrected chi connectivity index (χ0v) is 20.8. The van der Waals surface area contributed by atoms with E-state index < -0.39 is 18.0 Å². The monoisotopic (exact) mass is 492 g/mol. The first-order valence-corrected chi connectivity index (χ1v) is 11.6. The van der Waals surface area contributed by atoms with Crippen molar-refractivity contribution in [2.45, 2.75) is 26.8 Å². The number of hydrogen-bond acceptors (Lipinski definition) is 8. The molecule has 0 saturated carbocycles. The van der Waals surface area contributed by atoms with Crippen molar-refractivity contribution < 1.29 is 23.8 Å². The SMILES string of the molecule is COC(=O)C1=C(C)N=c2s/c(=C/c3ccc(C)cc3)c(=O)n2[C@@H]1c1ccc(OC(C)=O)c(OC)c1. The summed E-state index contributed by atoms with van der Waals surface area (Å²) in [7, 11) is 2.73. The van der Waals surface area contributed by atoms with Gasteiger partial charge in [0.25, 0.3) is 5.56 Å². The van der Waals surface area contributed by atoms with Gasteiger partial charge in [-0.05, 0) is 43.2 Å². The van der Waals surface area contributed by atoms with Crippen LogP contribution in [0.2, 0.25) is 0 Å². The topological polar surface area (TPSA) is 96.2 Å². The highest BCUT2D eigenvalue weighted by molar-refractivity contribution is 7.07. The number of aryl methyl sites for hydroxylation is 1. The van der Waals surface area contributed by atoms with Gasteiger partial charge < -0.3 is 14.2 Å². The molecule has 0 spiro atoms. The van der Waals surface area contributed by atoms with Gasteiger partial charge in [0.1, 0.15) is 0 Å². The van der Waals surface area contributed by atoms with Crippen molar-refractivity contribution in [3.63, 3.8) is 0 Å². The molecular formula is C26H24N2O6S. The molecule has 0 radical (unpaired) electrons. The number of carbonyl (C=O) groups is 2. The standard InChI is InChI=1S/C26H24N2O6S/c1-14-6-8-17(9-7-14)12-21-24(30)28-23(22(25(31)33-5)15(2)27-26(28)35-21)18-10-11-19(34-16(3)29)20(13-18)32-4/h6-13,23H,1-5H3/b21-12+/t23-/m1/s1. The Balaban J connectivity index is 1.95. The number of fused-ring (bicyclic) bond motifs is 1. The average Bonchev–Trinajstić information content (AvgIpc) is 3.13. The zero-order valence-electron chi connectivity index (χ0n) is 19.9. The molecule has 0 N–H and O–H groups in total. The third kappa shape index (κ3) is 4.67. The lowest BCUT2D eigenvalue weighted by Crippen LogP contribution is -2.39. The van der Waals surface area contributed by atoms with E-state index in [4.69, 9.17) is 14.2 Å². The average molecular weight is 493 g/mol. The van der Waals surface area contributed by atoms with Gasteiger partial charge in [-0.2, -0.15) is 0 Å². The van der Waals surface area contributed by atoms with E-state index >= 15 is 0 Å². The minimum atomic E-state index is -0.806. The minimum Gasteiger partial charge on any atom is -0.493 e. The summed E-state index contributed by atoms with van der Waals surface area (Å²) in [6.45, 7) is 5.00. The van der Waals surface area contributed by atoms with Crippen LogP contribution in [0.1, 0.15) is 36.6 Å². The predicted molar refractivity (Wildman–Crippen MR) is 131 cm³/mol. The van der Waals surface area contributed by atoms with Crippen LogP contribution in [0.3, 0.4) is 0 Å². The minimum absolute atomic E-state index is 0.232. The lowest BCUT2D eigenvalue weighted by molar-refractivity contribution is -0.136. The van der Waals surface area contributed by atoms with Gasteiger partial charge in [-0.3, -0.25) is 14.2 Å². The van der Waals surface area contributed by atoms with Crippen molar-refractivity contribution in [1.82, 2.24) is 4.57 Å². The van der Waals surface area contributed by atoms with E-state index in [0.717, 1.165) is 11.1 Å². The van der Waals surface area contributed by atoms with Crippen LogP contribution in [0.25, 0.3) is 6.08 Å². The van der Waals surface area contributed by atoms with E-state index in [-0.39, 0.29) is 16.9 Å². The molecule has 0 amide bonds. The number of aromatic nitrogens is 1. The summed E-state index contributed by atoms with van der Waals surface area (Å²) in [5, 5.41) is 0. The van der Waals surface area contributed by atoms with E-state index in [1.54, 1.807) is 25.1 Å². The van der Waals surface area contributed by atoms with Gasteiger partial charge >= 0.3 is 11.9 Å². The van der Waals surface area contributed by atoms with E-state index in [1.165, 1.54) is 37.0 Å². The van der Waals surface area contributed by atoms with Gasteiger partial charge in [0.2, 0.25) is 0 Å². The van der Waals surface area contributed by atoms with Crippen LogP contribution in [0.5, 0.6) is 11.5 Å². The molecule has 1 aliphatic rings. The smallest absolute Gasteiger partial charge is 0.338 e. The third-order valence-electron chi connectivity index (χ3n) is 5.56. The van der Waals surface area contributed by atoms with E-state index in [1.807, 2.05) is 37.3 Å². The number of methoxy groups -OCH3 is 2. The van der Waals surface area contributed by atoms with E-state index in [9.17, 15) is 14.4 Å². The Hall–Kier alpha value is -3.98. The highest BCUT2D eigenvalue weighted by Crippen LogP contribution is 2.36. The number of esters is 2. The predicted octanol–water partition coefficient (Wildman–Crippen LogP) is 2.65. The first-order valence-electron chi connectivity index (χ1n) is 10.8. The number of benzene rings is 2. The quantitative estimate of drug-likeness (QED) is 0.401. The number of carbonyl (C=O) groups excluding carboxylic acids is 2. The normalized spacial score (nSPS) is 15.3. The van der Waals surface area contributed by atoms with Gasteiger partial charge in [0, 0.05) is 6.92 Å². The van der Waals surface area contributed by atoms with Crippen molar-refractivity contribution in [3.8, 4) is 11.5 Å². The summed E-state index contributed by atoms with van der Waals surface area (Å²) in [6, 6.07) is 11.9. The van der Waals surface area contributed by atoms with Gasteiger partial charge in [0.15, 0.2) is 16.3 Å². The van der Waals surface area contributed by atoms with E-state index in [0.29, 0.717) is 26.3 Å². The summed E-state index contributed by atoms with van der Waals surface area (Å²) < 4.78 is 17.6. The largest absolute Gasteiger partial charge is 0.493 e. The van der Waals surface area contributed by atoms with Gasteiger partial charge in [-0.25, -0.2) is 9.79 Å². The third-order valence-corrected chi connectivity index (χ3v) is 6.54. The molecule has 1 atom stereocenters. The Labute approximate surface area is 205 Å². The van der Waals surface area contributed by atoms with Crippen molar-refractivity contribution in [1.29, 1.82) is 0 Å². The molecule has 9 heteroatoms. The zero-order chi connectivity index (χ0) is 25.3. The fourth-order valence-electron chi connectivity index (χ4n) is 3.92. The Morgan fingerprint density at radius 3 is 2.40 bits per heavy atom. The maximum absolute atomic E-state index is 13.6. The molecule has 0 aliphatic carbocycles. The fourth-order valence-corrected chi connectivity index (χ4v) is 4.96. The molecular weight excluding hydrogens is 468 g/mol. The van der Waals surface area contributed by atoms with E-state index in [2.05, 4.69) is 4.99 Å². The molecule has 2 heterocycles. The van der Waals surface area contributed by atoms with Crippen LogP contribution >= 0.6 is 11.3 Å². The summed E-state index contributed by atoms with van der Waals surface area (Å²) in [6.07, 6.45) is 1.81. The Bertz CT molecular complexity index is 1530. The summed E-state index contributed by atoms with van der Waals surface area (Å²) in [5.74, 6) is -0.563. The lowest BCUT2D eigenvalue weighted by Gasteiger charge is -2.25. The second-order valence-corrected chi connectivity index (χ2v) is 9.00. The molecule has 1 aliphatic heterocycles. The number of nitrogens with zero attached hydrogens (tertiary/aromatic N) is 2. The molecule has 1 aromatic heterocycles. The molecule has 3 aromatic rings. The Morgan fingerprint density at radius 2 is 1.77 bits per heavy atom. The maximum atomic E-state index is 13.6. The molecule has 35 heavy (non-hydrogen) atoms. The van der Waals surface area contributed by atoms with Crippen LogP contribution in [0, 0.1) is 6.92 Å². The highest BCUT2D eigenvalue weighted by atomic mass is 32.1. The van der Waals surface area contributed by atoms with Crippen LogP contribution in [0.4, 0.5) is 0 Å². The van der Waals surface area contributed by atoms with Crippen LogP contribution < -0.4 is 24.4 Å². The molecule has 8 nitrogen and oxygen atoms in total. The number of rotatable bonds is 5.